The number of anilines is 1. The lowest BCUT2D eigenvalue weighted by Gasteiger charge is -2.08. The van der Waals surface area contributed by atoms with Crippen LogP contribution < -0.4 is 10.9 Å². The van der Waals surface area contributed by atoms with Crippen molar-refractivity contribution < 1.29 is 4.79 Å². The van der Waals surface area contributed by atoms with Gasteiger partial charge >= 0.3 is 0 Å². The highest BCUT2D eigenvalue weighted by Crippen LogP contribution is 2.15. The first kappa shape index (κ1) is 16.4. The molecule has 24 heavy (non-hydrogen) atoms. The van der Waals surface area contributed by atoms with Crippen molar-refractivity contribution in [3.63, 3.8) is 0 Å². The predicted molar refractivity (Wildman–Crippen MR) is 93.9 cm³/mol. The van der Waals surface area contributed by atoms with E-state index in [2.05, 4.69) is 15.5 Å². The first-order valence-corrected chi connectivity index (χ1v) is 8.27. The number of amides is 1. The maximum absolute atomic E-state index is 12.3. The van der Waals surface area contributed by atoms with E-state index in [-0.39, 0.29) is 11.5 Å². The molecule has 0 fully saturated rings. The monoisotopic (exact) mass is 360 g/mol. The van der Waals surface area contributed by atoms with Gasteiger partial charge in [-0.2, -0.15) is 0 Å². The predicted octanol–water partition coefficient (Wildman–Crippen LogP) is 2.96. The Labute approximate surface area is 146 Å². The minimum absolute atomic E-state index is 0.196. The number of benzene rings is 1. The Morgan fingerprint density at radius 1 is 1.29 bits per heavy atom. The molecule has 2 heterocycles. The van der Waals surface area contributed by atoms with Crippen LogP contribution >= 0.6 is 22.9 Å². The molecule has 122 valence electrons. The van der Waals surface area contributed by atoms with Crippen molar-refractivity contribution in [2.45, 2.75) is 13.5 Å². The smallest absolute Gasteiger partial charge is 0.258 e. The molecule has 8 heteroatoms. The zero-order valence-electron chi connectivity index (χ0n) is 12.7. The number of nitrogens with zero attached hydrogens (tertiary/aromatic N) is 3. The average Bonchev–Trinajstić information content (AvgIpc) is 2.94. The summed E-state index contributed by atoms with van der Waals surface area (Å²) in [5, 5.41) is 12.1. The molecule has 3 aromatic rings. The molecule has 0 aliphatic rings. The number of pyridine rings is 1. The molecule has 0 unspecified atom stereocenters. The number of nitrogens with one attached hydrogen (secondary N) is 1. The van der Waals surface area contributed by atoms with Gasteiger partial charge in [0.2, 0.25) is 5.13 Å². The lowest BCUT2D eigenvalue weighted by atomic mass is 10.2. The molecule has 0 atom stereocenters. The fourth-order valence-corrected chi connectivity index (χ4v) is 2.94. The zero-order chi connectivity index (χ0) is 17.1. The third-order valence-corrected chi connectivity index (χ3v) is 4.22. The van der Waals surface area contributed by atoms with E-state index in [1.54, 1.807) is 19.1 Å². The first-order chi connectivity index (χ1) is 11.5. The van der Waals surface area contributed by atoms with Crippen LogP contribution in [0.25, 0.3) is 0 Å². The van der Waals surface area contributed by atoms with Crippen LogP contribution in [0.2, 0.25) is 5.02 Å². The van der Waals surface area contributed by atoms with E-state index in [0.717, 1.165) is 10.6 Å². The lowest BCUT2D eigenvalue weighted by Crippen LogP contribution is -2.22. The van der Waals surface area contributed by atoms with Gasteiger partial charge in [-0.15, -0.1) is 10.2 Å². The van der Waals surface area contributed by atoms with E-state index in [1.165, 1.54) is 34.2 Å². The van der Waals surface area contributed by atoms with Crippen LogP contribution in [0.15, 0.2) is 47.4 Å². The first-order valence-electron chi connectivity index (χ1n) is 7.08. The Morgan fingerprint density at radius 2 is 2.12 bits per heavy atom. The summed E-state index contributed by atoms with van der Waals surface area (Å²) in [6.07, 6.45) is 1.52. The maximum atomic E-state index is 12.3. The maximum Gasteiger partial charge on any atom is 0.258 e. The molecular weight excluding hydrogens is 348 g/mol. The van der Waals surface area contributed by atoms with E-state index < -0.39 is 0 Å². The molecule has 0 aliphatic carbocycles. The van der Waals surface area contributed by atoms with Crippen LogP contribution in [0, 0.1) is 6.92 Å². The van der Waals surface area contributed by atoms with Gasteiger partial charge in [0, 0.05) is 17.3 Å². The standard InChI is InChI=1S/C16H13ClN4O2S/c1-10-19-20-16(24-10)18-15(23)12-5-6-14(22)21(9-12)8-11-3-2-4-13(17)7-11/h2-7,9H,8H2,1H3,(H,18,20,23). The van der Waals surface area contributed by atoms with Crippen molar-refractivity contribution >= 4 is 34.0 Å². The van der Waals surface area contributed by atoms with Gasteiger partial charge in [-0.3, -0.25) is 14.9 Å². The van der Waals surface area contributed by atoms with Crippen molar-refractivity contribution in [3.8, 4) is 0 Å². The van der Waals surface area contributed by atoms with Crippen molar-refractivity contribution in [1.82, 2.24) is 14.8 Å². The largest absolute Gasteiger partial charge is 0.310 e. The van der Waals surface area contributed by atoms with Gasteiger partial charge in [0.05, 0.1) is 12.1 Å². The number of carbonyl (C=O) groups is 1. The highest BCUT2D eigenvalue weighted by Gasteiger charge is 2.11. The van der Waals surface area contributed by atoms with Gasteiger partial charge in [0.25, 0.3) is 11.5 Å². The summed E-state index contributed by atoms with van der Waals surface area (Å²) in [7, 11) is 0. The highest BCUT2D eigenvalue weighted by molar-refractivity contribution is 7.15. The van der Waals surface area contributed by atoms with Crippen LogP contribution in [0.4, 0.5) is 5.13 Å². The lowest BCUT2D eigenvalue weighted by molar-refractivity contribution is 0.102. The Morgan fingerprint density at radius 3 is 2.83 bits per heavy atom. The minimum Gasteiger partial charge on any atom is -0.310 e. The third-order valence-electron chi connectivity index (χ3n) is 3.23. The van der Waals surface area contributed by atoms with Crippen LogP contribution in [0.1, 0.15) is 20.9 Å². The van der Waals surface area contributed by atoms with E-state index >= 15 is 0 Å². The molecule has 3 rings (SSSR count). The molecule has 1 aromatic carbocycles. The zero-order valence-corrected chi connectivity index (χ0v) is 14.3. The number of aryl methyl sites for hydroxylation is 1. The fraction of sp³-hybridized carbons (Fsp3) is 0.125. The Bertz CT molecular complexity index is 951. The quantitative estimate of drug-likeness (QED) is 0.776. The molecule has 0 saturated carbocycles. The van der Waals surface area contributed by atoms with E-state index in [4.69, 9.17) is 11.6 Å². The van der Waals surface area contributed by atoms with Crippen LogP contribution in [0.3, 0.4) is 0 Å². The summed E-state index contributed by atoms with van der Waals surface area (Å²) < 4.78 is 1.46. The van der Waals surface area contributed by atoms with Crippen molar-refractivity contribution in [3.05, 3.63) is 74.1 Å². The summed E-state index contributed by atoms with van der Waals surface area (Å²) in [5.74, 6) is -0.342. The summed E-state index contributed by atoms with van der Waals surface area (Å²) in [4.78, 5) is 24.3. The number of hydrogen-bond donors (Lipinski definition) is 1. The van der Waals surface area contributed by atoms with Crippen LogP contribution in [-0.2, 0) is 6.54 Å². The highest BCUT2D eigenvalue weighted by atomic mass is 35.5. The Hall–Kier alpha value is -2.51. The van der Waals surface area contributed by atoms with Crippen molar-refractivity contribution in [1.29, 1.82) is 0 Å². The number of rotatable bonds is 4. The summed E-state index contributed by atoms with van der Waals surface area (Å²) in [5.41, 5.74) is 1.05. The minimum atomic E-state index is -0.342. The Balaban J connectivity index is 1.83. The number of halogens is 1. The third kappa shape index (κ3) is 3.87. The van der Waals surface area contributed by atoms with Crippen molar-refractivity contribution in [2.75, 3.05) is 5.32 Å². The molecule has 0 aliphatic heterocycles. The average molecular weight is 361 g/mol. The number of carbonyl (C=O) groups excluding carboxylic acids is 1. The molecule has 0 bridgehead atoms. The second-order valence-corrected chi connectivity index (χ2v) is 6.71. The Kier molecular flexibility index (Phi) is 4.73. The summed E-state index contributed by atoms with van der Waals surface area (Å²) in [6, 6.07) is 10.1. The summed E-state index contributed by atoms with van der Waals surface area (Å²) in [6.45, 7) is 2.14. The SMILES string of the molecule is Cc1nnc(NC(=O)c2ccc(=O)n(Cc3cccc(Cl)c3)c2)s1. The molecule has 2 aromatic heterocycles. The number of aromatic nitrogens is 3. The van der Waals surface area contributed by atoms with E-state index in [1.807, 2.05) is 12.1 Å². The molecule has 1 N–H and O–H groups in total. The molecular formula is C16H13ClN4O2S. The van der Waals surface area contributed by atoms with Gasteiger partial charge in [-0.1, -0.05) is 35.1 Å². The molecule has 1 amide bonds. The van der Waals surface area contributed by atoms with Crippen LogP contribution in [0.5, 0.6) is 0 Å². The normalized spacial score (nSPS) is 10.6. The van der Waals surface area contributed by atoms with Gasteiger partial charge < -0.3 is 4.57 Å². The second kappa shape index (κ2) is 6.94. The second-order valence-electron chi connectivity index (χ2n) is 5.09. The summed E-state index contributed by atoms with van der Waals surface area (Å²) >= 11 is 7.25. The molecule has 0 radical (unpaired) electrons. The van der Waals surface area contributed by atoms with Crippen molar-refractivity contribution in [2.24, 2.45) is 0 Å². The van der Waals surface area contributed by atoms with E-state index in [9.17, 15) is 9.59 Å². The molecule has 0 spiro atoms. The van der Waals surface area contributed by atoms with Gasteiger partial charge in [0.1, 0.15) is 5.01 Å². The van der Waals surface area contributed by atoms with Gasteiger partial charge in [0.15, 0.2) is 0 Å². The molecule has 6 nitrogen and oxygen atoms in total. The van der Waals surface area contributed by atoms with Gasteiger partial charge in [-0.05, 0) is 30.7 Å². The number of hydrogen-bond acceptors (Lipinski definition) is 5. The fourth-order valence-electron chi connectivity index (χ4n) is 2.14. The van der Waals surface area contributed by atoms with Crippen LogP contribution in [-0.4, -0.2) is 20.7 Å². The topological polar surface area (TPSA) is 76.9 Å². The van der Waals surface area contributed by atoms with E-state index in [0.29, 0.717) is 22.3 Å². The molecule has 0 saturated heterocycles. The van der Waals surface area contributed by atoms with Gasteiger partial charge in [-0.25, -0.2) is 0 Å².